The number of aryl methyl sites for hydroxylation is 1. The molecule has 8 nitrogen and oxygen atoms in total. The van der Waals surface area contributed by atoms with Gasteiger partial charge in [-0.3, -0.25) is 9.69 Å². The van der Waals surface area contributed by atoms with Gasteiger partial charge in [0.15, 0.2) is 0 Å². The first kappa shape index (κ1) is 18.8. The van der Waals surface area contributed by atoms with Crippen LogP contribution in [0.25, 0.3) is 0 Å². The highest BCUT2D eigenvalue weighted by molar-refractivity contribution is 7.13. The predicted molar refractivity (Wildman–Crippen MR) is 96.8 cm³/mol. The molecule has 1 aliphatic heterocycles. The summed E-state index contributed by atoms with van der Waals surface area (Å²) in [4.78, 5) is 41.1. The summed E-state index contributed by atoms with van der Waals surface area (Å²) < 4.78 is 14.2. The number of nitrogens with zero attached hydrogens (tertiary/aromatic N) is 2. The lowest BCUT2D eigenvalue weighted by molar-refractivity contribution is 0.0700. The first-order valence-electron chi connectivity index (χ1n) is 8.14. The van der Waals surface area contributed by atoms with Gasteiger partial charge in [-0.2, -0.15) is 0 Å². The van der Waals surface area contributed by atoms with E-state index in [9.17, 15) is 18.8 Å². The fourth-order valence-corrected chi connectivity index (χ4v) is 3.62. The van der Waals surface area contributed by atoms with Gasteiger partial charge in [0.05, 0.1) is 17.3 Å². The molecule has 1 aromatic carbocycles. The van der Waals surface area contributed by atoms with Crippen molar-refractivity contribution < 1.29 is 23.9 Å². The molecular formula is C17H17FN4O4S. The summed E-state index contributed by atoms with van der Waals surface area (Å²) in [6.45, 7) is 4.11. The maximum atomic E-state index is 14.2. The number of anilines is 1. The van der Waals surface area contributed by atoms with Crippen molar-refractivity contribution in [2.45, 2.75) is 19.9 Å². The lowest BCUT2D eigenvalue weighted by Gasteiger charge is -2.16. The highest BCUT2D eigenvalue weighted by Gasteiger charge is 2.25. The number of amides is 3. The van der Waals surface area contributed by atoms with Gasteiger partial charge in [-0.05, 0) is 32.0 Å². The Labute approximate surface area is 158 Å². The second kappa shape index (κ2) is 7.31. The highest BCUT2D eigenvalue weighted by Crippen LogP contribution is 2.25. The Morgan fingerprint density at radius 1 is 1.44 bits per heavy atom. The summed E-state index contributed by atoms with van der Waals surface area (Å²) in [5.41, 5.74) is 0.574. The van der Waals surface area contributed by atoms with Crippen molar-refractivity contribution in [2.24, 2.45) is 0 Å². The molecule has 27 heavy (non-hydrogen) atoms. The number of hydrogen-bond acceptors (Lipinski definition) is 5. The van der Waals surface area contributed by atoms with Gasteiger partial charge in [-0.15, -0.1) is 11.3 Å². The van der Waals surface area contributed by atoms with Gasteiger partial charge in [0.2, 0.25) is 0 Å². The van der Waals surface area contributed by atoms with Crippen LogP contribution >= 0.6 is 11.3 Å². The van der Waals surface area contributed by atoms with E-state index in [0.717, 1.165) is 17.4 Å². The van der Waals surface area contributed by atoms with E-state index in [2.05, 4.69) is 15.6 Å². The number of benzene rings is 1. The number of carbonyl (C=O) groups excluding carboxylic acids is 2. The van der Waals surface area contributed by atoms with Gasteiger partial charge >= 0.3 is 12.0 Å². The molecule has 3 N–H and O–H groups in total. The number of carboxylic acids is 1. The zero-order chi connectivity index (χ0) is 19.7. The molecule has 3 rings (SSSR count). The molecule has 0 radical (unpaired) electrons. The van der Waals surface area contributed by atoms with E-state index in [1.54, 1.807) is 13.8 Å². The third-order valence-corrected chi connectivity index (χ3v) is 5.42. The molecule has 2 aromatic rings. The Hall–Kier alpha value is -3.01. The predicted octanol–water partition coefficient (Wildman–Crippen LogP) is 2.31. The Balaban J connectivity index is 1.80. The van der Waals surface area contributed by atoms with Crippen LogP contribution < -0.4 is 15.5 Å². The summed E-state index contributed by atoms with van der Waals surface area (Å²) in [5, 5.41) is 14.8. The quantitative estimate of drug-likeness (QED) is 0.723. The Bertz CT molecular complexity index is 930. The maximum absolute atomic E-state index is 14.2. The normalized spacial score (nSPS) is 14.8. The minimum atomic E-state index is -1.09. The molecule has 0 saturated carbocycles. The smallest absolute Gasteiger partial charge is 0.347 e. The van der Waals surface area contributed by atoms with Crippen LogP contribution in [0.5, 0.6) is 0 Å². The Morgan fingerprint density at radius 2 is 2.19 bits per heavy atom. The average Bonchev–Trinajstić information content (AvgIpc) is 3.21. The second-order valence-electron chi connectivity index (χ2n) is 6.01. The van der Waals surface area contributed by atoms with Crippen molar-refractivity contribution in [1.29, 1.82) is 0 Å². The van der Waals surface area contributed by atoms with Crippen LogP contribution in [0.15, 0.2) is 18.2 Å². The van der Waals surface area contributed by atoms with Crippen molar-refractivity contribution in [3.63, 3.8) is 0 Å². The number of aromatic carboxylic acids is 1. The van der Waals surface area contributed by atoms with Gasteiger partial charge in [0, 0.05) is 18.8 Å². The van der Waals surface area contributed by atoms with Crippen molar-refractivity contribution in [1.82, 2.24) is 15.6 Å². The molecule has 1 atom stereocenters. The van der Waals surface area contributed by atoms with E-state index in [1.165, 1.54) is 17.0 Å². The second-order valence-corrected chi connectivity index (χ2v) is 7.05. The topological polar surface area (TPSA) is 112 Å². The number of halogens is 1. The average molecular weight is 392 g/mol. The SMILES string of the molecule is Cc1nc(C(C)NC(=O)c2cc(N3CCNC3=O)ccc2F)sc1C(=O)O. The van der Waals surface area contributed by atoms with Gasteiger partial charge in [-0.1, -0.05) is 0 Å². The lowest BCUT2D eigenvalue weighted by atomic mass is 10.1. The van der Waals surface area contributed by atoms with Crippen molar-refractivity contribution in [3.8, 4) is 0 Å². The van der Waals surface area contributed by atoms with Crippen molar-refractivity contribution >= 4 is 34.9 Å². The number of urea groups is 1. The molecule has 0 aliphatic carbocycles. The van der Waals surface area contributed by atoms with Crippen LogP contribution in [0.1, 0.15) is 43.7 Å². The van der Waals surface area contributed by atoms with Crippen LogP contribution in [-0.4, -0.2) is 41.1 Å². The fourth-order valence-electron chi connectivity index (χ4n) is 2.71. The molecule has 0 spiro atoms. The van der Waals surface area contributed by atoms with Crippen LogP contribution in [0.4, 0.5) is 14.9 Å². The zero-order valence-corrected chi connectivity index (χ0v) is 15.4. The first-order chi connectivity index (χ1) is 12.8. The van der Waals surface area contributed by atoms with E-state index in [4.69, 9.17) is 5.11 Å². The highest BCUT2D eigenvalue weighted by atomic mass is 32.1. The number of thiazole rings is 1. The molecular weight excluding hydrogens is 375 g/mol. The molecule has 1 aliphatic rings. The number of carbonyl (C=O) groups is 3. The van der Waals surface area contributed by atoms with E-state index >= 15 is 0 Å². The molecule has 2 heterocycles. The van der Waals surface area contributed by atoms with E-state index in [-0.39, 0.29) is 16.5 Å². The van der Waals surface area contributed by atoms with Crippen molar-refractivity contribution in [3.05, 3.63) is 45.2 Å². The summed E-state index contributed by atoms with van der Waals surface area (Å²) >= 11 is 0.961. The summed E-state index contributed by atoms with van der Waals surface area (Å²) in [6, 6.07) is 2.98. The minimum Gasteiger partial charge on any atom is -0.477 e. The largest absolute Gasteiger partial charge is 0.477 e. The number of hydrogen-bond donors (Lipinski definition) is 3. The van der Waals surface area contributed by atoms with Crippen LogP contribution in [0.3, 0.4) is 0 Å². The Kier molecular flexibility index (Phi) is 5.08. The lowest BCUT2D eigenvalue weighted by Crippen LogP contribution is -2.30. The van der Waals surface area contributed by atoms with Gasteiger partial charge in [0.25, 0.3) is 5.91 Å². The van der Waals surface area contributed by atoms with E-state index in [1.807, 2.05) is 0 Å². The molecule has 0 bridgehead atoms. The summed E-state index contributed by atoms with van der Waals surface area (Å²) in [5.74, 6) is -2.48. The third kappa shape index (κ3) is 3.75. The van der Waals surface area contributed by atoms with Crippen LogP contribution in [0, 0.1) is 12.7 Å². The molecule has 1 fully saturated rings. The van der Waals surface area contributed by atoms with E-state index in [0.29, 0.717) is 29.5 Å². The van der Waals surface area contributed by atoms with Crippen molar-refractivity contribution in [2.75, 3.05) is 18.0 Å². The fraction of sp³-hybridized carbons (Fsp3) is 0.294. The molecule has 10 heteroatoms. The first-order valence-corrected chi connectivity index (χ1v) is 8.96. The maximum Gasteiger partial charge on any atom is 0.347 e. The minimum absolute atomic E-state index is 0.0966. The van der Waals surface area contributed by atoms with Gasteiger partial charge < -0.3 is 15.7 Å². The third-order valence-electron chi connectivity index (χ3n) is 4.09. The van der Waals surface area contributed by atoms with Gasteiger partial charge in [0.1, 0.15) is 15.7 Å². The molecule has 142 valence electrons. The summed E-state index contributed by atoms with van der Waals surface area (Å²) in [6.07, 6.45) is 0. The van der Waals surface area contributed by atoms with Gasteiger partial charge in [-0.25, -0.2) is 19.0 Å². The zero-order valence-electron chi connectivity index (χ0n) is 14.6. The number of aromatic nitrogens is 1. The standard InChI is InChI=1S/C17H17FN4O4S/c1-8-13(16(24)25)27-15(21-8)9(2)20-14(23)11-7-10(3-4-12(11)18)22-6-5-19-17(22)26/h3-4,7,9H,5-6H2,1-2H3,(H,19,26)(H,20,23)(H,24,25). The van der Waals surface area contributed by atoms with Crippen LogP contribution in [0.2, 0.25) is 0 Å². The molecule has 1 unspecified atom stereocenters. The monoisotopic (exact) mass is 392 g/mol. The van der Waals surface area contributed by atoms with E-state index < -0.39 is 23.7 Å². The number of nitrogens with one attached hydrogen (secondary N) is 2. The van der Waals surface area contributed by atoms with Crippen LogP contribution in [-0.2, 0) is 0 Å². The Morgan fingerprint density at radius 3 is 2.78 bits per heavy atom. The molecule has 1 aromatic heterocycles. The summed E-state index contributed by atoms with van der Waals surface area (Å²) in [7, 11) is 0. The number of rotatable bonds is 5. The molecule has 1 saturated heterocycles. The molecule has 3 amide bonds. The number of carboxylic acid groups (broad SMARTS) is 1.